The predicted octanol–water partition coefficient (Wildman–Crippen LogP) is 4.54. The van der Waals surface area contributed by atoms with Gasteiger partial charge in [0.15, 0.2) is 0 Å². The Hall–Kier alpha value is -3.36. The number of carbonyl (C=O) groups excluding carboxylic acids is 4. The van der Waals surface area contributed by atoms with E-state index in [1.54, 1.807) is 7.11 Å². The molecule has 0 N–H and O–H groups in total. The van der Waals surface area contributed by atoms with Crippen LogP contribution in [0, 0.1) is 0 Å². The van der Waals surface area contributed by atoms with Crippen LogP contribution in [-0.2, 0) is 51.6 Å². The second kappa shape index (κ2) is 28.9. The normalized spacial score (nSPS) is 8.16. The largest absolute Gasteiger partial charge is 0.380 e. The second-order valence-electron chi connectivity index (χ2n) is 6.26. The molecule has 0 heterocycles. The third-order valence-electron chi connectivity index (χ3n) is 4.20. The monoisotopic (exact) mass is 688 g/mol. The molecular formula is C30H33O5PW. The maximum atomic E-state index is 8.00. The van der Waals surface area contributed by atoms with Gasteiger partial charge in [-0.3, -0.25) is 0 Å². The van der Waals surface area contributed by atoms with Gasteiger partial charge >= 0.3 is 0 Å². The van der Waals surface area contributed by atoms with Crippen LogP contribution in [0.2, 0.25) is 0 Å². The molecule has 0 saturated heterocycles. The van der Waals surface area contributed by atoms with Gasteiger partial charge in [0.2, 0.25) is 0 Å². The quantitative estimate of drug-likeness (QED) is 0.288. The number of carbonyl (C=O) groups is 4. The Bertz CT molecular complexity index is 891. The molecule has 0 aliphatic heterocycles. The summed E-state index contributed by atoms with van der Waals surface area (Å²) in [6, 6.07) is 42.4. The molecule has 0 spiro atoms. The van der Waals surface area contributed by atoms with E-state index in [1.807, 2.05) is 57.5 Å². The number of rotatable bonds is 5. The minimum Gasteiger partial charge on any atom is -0.380 e. The summed E-state index contributed by atoms with van der Waals surface area (Å²) >= 11 is 0. The molecule has 4 aromatic rings. The standard InChI is InChI=1S/C18H15P.C8H10O.4CH2O.W/c1-4-10-16(11-5-1)19(17-12-6-2-7-13-17)18-14-8-3-9-15-18;1-9-7-8-5-3-2-4-6-8;4*1-2;/h1-15H;2-6H,7H2,1H3;4*1H2;. The van der Waals surface area contributed by atoms with Crippen LogP contribution < -0.4 is 15.9 Å². The number of hydrogen-bond donors (Lipinski definition) is 0. The maximum absolute atomic E-state index is 8.00. The van der Waals surface area contributed by atoms with Gasteiger partial charge in [-0.15, -0.1) is 0 Å². The molecule has 0 aliphatic rings. The molecule has 0 aromatic heterocycles. The van der Waals surface area contributed by atoms with Crippen molar-refractivity contribution in [1.82, 2.24) is 0 Å². The van der Waals surface area contributed by atoms with Crippen molar-refractivity contribution in [3.05, 3.63) is 127 Å². The zero-order valence-electron chi connectivity index (χ0n) is 21.0. The van der Waals surface area contributed by atoms with Gasteiger partial charge < -0.3 is 23.9 Å². The Kier molecular flexibility index (Phi) is 29.8. The fraction of sp³-hybridized carbons (Fsp3) is 0.0667. The summed E-state index contributed by atoms with van der Waals surface area (Å²) < 4.78 is 4.93. The molecule has 0 amide bonds. The van der Waals surface area contributed by atoms with Crippen LogP contribution in [-0.4, -0.2) is 34.3 Å². The van der Waals surface area contributed by atoms with E-state index >= 15 is 0 Å². The van der Waals surface area contributed by atoms with Crippen LogP contribution >= 0.6 is 7.92 Å². The number of ether oxygens (including phenoxy) is 1. The van der Waals surface area contributed by atoms with Crippen LogP contribution in [0.5, 0.6) is 0 Å². The summed E-state index contributed by atoms with van der Waals surface area (Å²) in [6.07, 6.45) is 0. The van der Waals surface area contributed by atoms with Crippen molar-refractivity contribution in [2.45, 2.75) is 6.61 Å². The molecule has 7 heteroatoms. The van der Waals surface area contributed by atoms with Gasteiger partial charge in [0.05, 0.1) is 6.61 Å². The second-order valence-corrected chi connectivity index (χ2v) is 8.48. The molecule has 4 rings (SSSR count). The molecule has 0 atom stereocenters. The predicted molar refractivity (Wildman–Crippen MR) is 151 cm³/mol. The first-order valence-electron chi connectivity index (χ1n) is 10.5. The van der Waals surface area contributed by atoms with E-state index in [0.717, 1.165) is 0 Å². The van der Waals surface area contributed by atoms with Crippen molar-refractivity contribution < 1.29 is 45.0 Å². The summed E-state index contributed by atoms with van der Waals surface area (Å²) in [5.74, 6) is 0. The van der Waals surface area contributed by atoms with E-state index < -0.39 is 7.92 Å². The minimum absolute atomic E-state index is 0. The number of methoxy groups -OCH3 is 1. The van der Waals surface area contributed by atoms with Crippen LogP contribution in [0.25, 0.3) is 0 Å². The maximum Gasteiger partial charge on any atom is 0.106 e. The third kappa shape index (κ3) is 16.1. The summed E-state index contributed by atoms with van der Waals surface area (Å²) in [5, 5.41) is 4.19. The van der Waals surface area contributed by atoms with Gasteiger partial charge in [0.1, 0.15) is 27.2 Å². The first-order chi connectivity index (χ1) is 17.9. The summed E-state index contributed by atoms with van der Waals surface area (Å²) in [5.41, 5.74) is 1.22. The molecule has 0 saturated carbocycles. The number of hydrogen-bond acceptors (Lipinski definition) is 5. The smallest absolute Gasteiger partial charge is 0.106 e. The van der Waals surface area contributed by atoms with Gasteiger partial charge in [0.25, 0.3) is 0 Å². The van der Waals surface area contributed by atoms with Gasteiger partial charge in [0, 0.05) is 28.2 Å². The van der Waals surface area contributed by atoms with Crippen molar-refractivity contribution in [3.63, 3.8) is 0 Å². The van der Waals surface area contributed by atoms with E-state index in [9.17, 15) is 0 Å². The molecule has 4 aromatic carbocycles. The van der Waals surface area contributed by atoms with Crippen molar-refractivity contribution in [2.75, 3.05) is 7.11 Å². The Morgan fingerprint density at radius 3 is 0.973 bits per heavy atom. The van der Waals surface area contributed by atoms with Crippen molar-refractivity contribution in [2.24, 2.45) is 0 Å². The molecule has 194 valence electrons. The topological polar surface area (TPSA) is 77.5 Å². The molecular weight excluding hydrogens is 655 g/mol. The summed E-state index contributed by atoms with van der Waals surface area (Å²) in [6.45, 7) is 8.71. The first kappa shape index (κ1) is 38.2. The Morgan fingerprint density at radius 1 is 0.486 bits per heavy atom. The van der Waals surface area contributed by atoms with Crippen LogP contribution in [0.4, 0.5) is 0 Å². The first-order valence-corrected chi connectivity index (χ1v) is 11.9. The average molecular weight is 688 g/mol. The molecule has 0 bridgehead atoms. The van der Waals surface area contributed by atoms with E-state index in [4.69, 9.17) is 23.9 Å². The van der Waals surface area contributed by atoms with E-state index in [2.05, 4.69) is 91.0 Å². The van der Waals surface area contributed by atoms with Crippen LogP contribution in [0.3, 0.4) is 0 Å². The summed E-state index contributed by atoms with van der Waals surface area (Å²) in [7, 11) is 1.26. The fourth-order valence-corrected chi connectivity index (χ4v) is 5.22. The molecule has 0 unspecified atom stereocenters. The summed E-state index contributed by atoms with van der Waals surface area (Å²) in [4.78, 5) is 32.0. The van der Waals surface area contributed by atoms with Gasteiger partial charge in [-0.1, -0.05) is 121 Å². The molecule has 5 nitrogen and oxygen atoms in total. The van der Waals surface area contributed by atoms with Crippen molar-refractivity contribution >= 4 is 51.0 Å². The van der Waals surface area contributed by atoms with Gasteiger partial charge in [-0.2, -0.15) is 0 Å². The zero-order valence-corrected chi connectivity index (χ0v) is 24.8. The number of benzene rings is 4. The van der Waals surface area contributed by atoms with E-state index in [0.29, 0.717) is 6.61 Å². The molecule has 0 radical (unpaired) electrons. The minimum atomic E-state index is -0.446. The Labute approximate surface area is 235 Å². The van der Waals surface area contributed by atoms with Gasteiger partial charge in [-0.05, 0) is 29.4 Å². The molecule has 37 heavy (non-hydrogen) atoms. The third-order valence-corrected chi connectivity index (χ3v) is 6.64. The Morgan fingerprint density at radius 2 is 0.730 bits per heavy atom. The van der Waals surface area contributed by atoms with Crippen molar-refractivity contribution in [3.8, 4) is 0 Å². The average Bonchev–Trinajstić information content (AvgIpc) is 3.00. The van der Waals surface area contributed by atoms with E-state index in [1.165, 1.54) is 21.5 Å². The molecule has 0 aliphatic carbocycles. The fourth-order valence-electron chi connectivity index (χ4n) is 2.92. The van der Waals surface area contributed by atoms with Crippen molar-refractivity contribution in [1.29, 1.82) is 0 Å². The van der Waals surface area contributed by atoms with Crippen LogP contribution in [0.15, 0.2) is 121 Å². The SMILES string of the molecule is C=O.C=O.C=O.C=O.COCc1ccccc1.[W].c1ccc(P(c2ccccc2)c2ccccc2)cc1. The molecule has 0 fully saturated rings. The van der Waals surface area contributed by atoms with Crippen LogP contribution in [0.1, 0.15) is 5.56 Å². The Balaban J connectivity index is -0.000000545. The zero-order chi connectivity index (χ0) is 27.4. The van der Waals surface area contributed by atoms with Gasteiger partial charge in [-0.25, -0.2) is 0 Å². The van der Waals surface area contributed by atoms with E-state index in [-0.39, 0.29) is 21.1 Å².